The number of aromatic nitrogens is 2. The Bertz CT molecular complexity index is 591. The van der Waals surface area contributed by atoms with E-state index in [0.717, 1.165) is 5.56 Å². The molecule has 1 amide bonds. The van der Waals surface area contributed by atoms with E-state index >= 15 is 0 Å². The maximum absolute atomic E-state index is 12.1. The Balaban J connectivity index is 1.41. The van der Waals surface area contributed by atoms with Gasteiger partial charge < -0.3 is 25.2 Å². The molecule has 3 N–H and O–H groups in total. The molecule has 2 fully saturated rings. The third kappa shape index (κ3) is 4.58. The first-order chi connectivity index (χ1) is 11.9. The van der Waals surface area contributed by atoms with Gasteiger partial charge in [-0.05, 0) is 0 Å². The van der Waals surface area contributed by atoms with Crippen LogP contribution in [0.1, 0.15) is 32.3 Å². The predicted molar refractivity (Wildman–Crippen MR) is 90.8 cm³/mol. The van der Waals surface area contributed by atoms with Gasteiger partial charge in [-0.15, -0.1) is 0 Å². The SMILES string of the molecule is CC(C)NC[C@H]1O[C@@H]2C[C@@H](CC(=O)NCc3cnn(C)c3)O[C@@H]2[C@@H]1O. The number of amides is 1. The molecule has 5 atom stereocenters. The van der Waals surface area contributed by atoms with Gasteiger partial charge in [0.05, 0.1) is 30.9 Å². The molecular weight excluding hydrogens is 324 g/mol. The van der Waals surface area contributed by atoms with E-state index in [2.05, 4.69) is 29.6 Å². The molecule has 8 heteroatoms. The molecule has 1 aromatic rings. The highest BCUT2D eigenvalue weighted by molar-refractivity contribution is 5.76. The fraction of sp³-hybridized carbons (Fsp3) is 0.765. The summed E-state index contributed by atoms with van der Waals surface area (Å²) >= 11 is 0. The molecule has 0 spiro atoms. The van der Waals surface area contributed by atoms with Crippen molar-refractivity contribution in [3.63, 3.8) is 0 Å². The Labute approximate surface area is 147 Å². The predicted octanol–water partition coefficient (Wildman–Crippen LogP) is -0.290. The lowest BCUT2D eigenvalue weighted by Gasteiger charge is -2.21. The lowest BCUT2D eigenvalue weighted by molar-refractivity contribution is -0.124. The molecule has 3 rings (SSSR count). The summed E-state index contributed by atoms with van der Waals surface area (Å²) in [5.41, 5.74) is 0.958. The molecule has 8 nitrogen and oxygen atoms in total. The van der Waals surface area contributed by atoms with Crippen LogP contribution in [0.5, 0.6) is 0 Å². The summed E-state index contributed by atoms with van der Waals surface area (Å²) < 4.78 is 13.5. The molecule has 0 saturated carbocycles. The smallest absolute Gasteiger partial charge is 0.222 e. The standard InChI is InChI=1S/C17H28N4O4/c1-10(2)18-8-14-16(23)17-13(25-14)4-12(24-17)5-15(22)19-6-11-7-20-21(3)9-11/h7,9-10,12-14,16-18,23H,4-6,8H2,1-3H3,(H,19,22)/t12-,13+,14+,16+,17-/m0/s1. The second-order valence-corrected chi connectivity index (χ2v) is 7.23. The van der Waals surface area contributed by atoms with Crippen LogP contribution in [0, 0.1) is 0 Å². The van der Waals surface area contributed by atoms with Crippen molar-refractivity contribution in [3.05, 3.63) is 18.0 Å². The largest absolute Gasteiger partial charge is 0.388 e. The molecule has 2 aliphatic rings. The molecule has 2 saturated heterocycles. The summed E-state index contributed by atoms with van der Waals surface area (Å²) in [4.78, 5) is 12.1. The highest BCUT2D eigenvalue weighted by atomic mass is 16.6. The summed E-state index contributed by atoms with van der Waals surface area (Å²) in [5.74, 6) is -0.0682. The summed E-state index contributed by atoms with van der Waals surface area (Å²) in [6, 6.07) is 0.341. The molecule has 0 bridgehead atoms. The Morgan fingerprint density at radius 3 is 2.92 bits per heavy atom. The molecule has 3 heterocycles. The van der Waals surface area contributed by atoms with Gasteiger partial charge in [-0.2, -0.15) is 5.10 Å². The second kappa shape index (κ2) is 7.82. The van der Waals surface area contributed by atoms with Crippen molar-refractivity contribution in [1.29, 1.82) is 0 Å². The Morgan fingerprint density at radius 2 is 2.28 bits per heavy atom. The van der Waals surface area contributed by atoms with Gasteiger partial charge >= 0.3 is 0 Å². The van der Waals surface area contributed by atoms with Gasteiger partial charge in [0, 0.05) is 44.4 Å². The first-order valence-electron chi connectivity index (χ1n) is 8.89. The summed E-state index contributed by atoms with van der Waals surface area (Å²) in [6.45, 7) is 5.16. The number of aryl methyl sites for hydroxylation is 1. The average molecular weight is 352 g/mol. The van der Waals surface area contributed by atoms with Crippen LogP contribution in [0.25, 0.3) is 0 Å². The number of nitrogens with zero attached hydrogens (tertiary/aromatic N) is 2. The highest BCUT2D eigenvalue weighted by Crippen LogP contribution is 2.35. The topological polar surface area (TPSA) is 97.6 Å². The van der Waals surface area contributed by atoms with Crippen molar-refractivity contribution in [2.45, 2.75) is 69.8 Å². The van der Waals surface area contributed by atoms with Crippen LogP contribution in [0.3, 0.4) is 0 Å². The number of hydrogen-bond donors (Lipinski definition) is 3. The van der Waals surface area contributed by atoms with Crippen molar-refractivity contribution < 1.29 is 19.4 Å². The molecule has 2 aliphatic heterocycles. The van der Waals surface area contributed by atoms with E-state index in [4.69, 9.17) is 9.47 Å². The zero-order valence-electron chi connectivity index (χ0n) is 15.0. The quantitative estimate of drug-likeness (QED) is 0.624. The van der Waals surface area contributed by atoms with Crippen LogP contribution in [0.15, 0.2) is 12.4 Å². The number of carbonyl (C=O) groups is 1. The van der Waals surface area contributed by atoms with E-state index in [0.29, 0.717) is 25.6 Å². The van der Waals surface area contributed by atoms with Crippen LogP contribution in [-0.4, -0.2) is 63.9 Å². The lowest BCUT2D eigenvalue weighted by Crippen LogP contribution is -2.40. The molecule has 0 aliphatic carbocycles. The van der Waals surface area contributed by atoms with Crippen molar-refractivity contribution in [2.75, 3.05) is 6.54 Å². The van der Waals surface area contributed by atoms with Gasteiger partial charge in [-0.3, -0.25) is 9.48 Å². The molecule has 1 aromatic heterocycles. The first kappa shape index (κ1) is 18.3. The first-order valence-corrected chi connectivity index (χ1v) is 8.89. The number of fused-ring (bicyclic) bond motifs is 1. The number of aliphatic hydroxyl groups is 1. The van der Waals surface area contributed by atoms with Gasteiger partial charge in [-0.25, -0.2) is 0 Å². The fourth-order valence-corrected chi connectivity index (χ4v) is 3.40. The minimum absolute atomic E-state index is 0.0682. The number of hydrogen-bond acceptors (Lipinski definition) is 6. The van der Waals surface area contributed by atoms with E-state index in [1.165, 1.54) is 0 Å². The number of ether oxygens (including phenoxy) is 2. The second-order valence-electron chi connectivity index (χ2n) is 7.23. The van der Waals surface area contributed by atoms with E-state index < -0.39 is 6.10 Å². The summed E-state index contributed by atoms with van der Waals surface area (Å²) in [5, 5.41) is 20.6. The maximum atomic E-state index is 12.1. The molecular formula is C17H28N4O4. The third-order valence-corrected chi connectivity index (χ3v) is 4.67. The maximum Gasteiger partial charge on any atom is 0.222 e. The molecule has 0 unspecified atom stereocenters. The summed E-state index contributed by atoms with van der Waals surface area (Å²) in [6.07, 6.45) is 2.92. The Kier molecular flexibility index (Phi) is 5.73. The number of aliphatic hydroxyl groups excluding tert-OH is 1. The molecule has 0 radical (unpaired) electrons. The van der Waals surface area contributed by atoms with E-state index in [-0.39, 0.29) is 36.7 Å². The van der Waals surface area contributed by atoms with Gasteiger partial charge in [-0.1, -0.05) is 13.8 Å². The van der Waals surface area contributed by atoms with E-state index in [1.807, 2.05) is 13.2 Å². The minimum Gasteiger partial charge on any atom is -0.388 e. The number of carbonyl (C=O) groups excluding carboxylic acids is 1. The average Bonchev–Trinajstić information content (AvgIpc) is 3.21. The number of nitrogens with one attached hydrogen (secondary N) is 2. The van der Waals surface area contributed by atoms with Crippen molar-refractivity contribution in [1.82, 2.24) is 20.4 Å². The van der Waals surface area contributed by atoms with Crippen LogP contribution < -0.4 is 10.6 Å². The van der Waals surface area contributed by atoms with Crippen LogP contribution >= 0.6 is 0 Å². The Morgan fingerprint density at radius 1 is 1.48 bits per heavy atom. The zero-order chi connectivity index (χ0) is 18.0. The summed E-state index contributed by atoms with van der Waals surface area (Å²) in [7, 11) is 1.84. The van der Waals surface area contributed by atoms with Gasteiger partial charge in [0.1, 0.15) is 12.2 Å². The Hall–Kier alpha value is -1.48. The fourth-order valence-electron chi connectivity index (χ4n) is 3.40. The zero-order valence-corrected chi connectivity index (χ0v) is 15.0. The number of rotatable bonds is 7. The molecule has 140 valence electrons. The molecule has 25 heavy (non-hydrogen) atoms. The van der Waals surface area contributed by atoms with Gasteiger partial charge in [0.2, 0.25) is 5.91 Å². The normalized spacial score (nSPS) is 31.5. The van der Waals surface area contributed by atoms with Gasteiger partial charge in [0.25, 0.3) is 0 Å². The molecule has 0 aromatic carbocycles. The van der Waals surface area contributed by atoms with Crippen molar-refractivity contribution in [2.24, 2.45) is 7.05 Å². The van der Waals surface area contributed by atoms with E-state index in [1.54, 1.807) is 10.9 Å². The third-order valence-electron chi connectivity index (χ3n) is 4.67. The van der Waals surface area contributed by atoms with E-state index in [9.17, 15) is 9.90 Å². The van der Waals surface area contributed by atoms with Gasteiger partial charge in [0.15, 0.2) is 0 Å². The monoisotopic (exact) mass is 352 g/mol. The van der Waals surface area contributed by atoms with Crippen LogP contribution in [0.4, 0.5) is 0 Å². The highest BCUT2D eigenvalue weighted by Gasteiger charge is 2.50. The van der Waals surface area contributed by atoms with Crippen LogP contribution in [-0.2, 0) is 27.9 Å². The van der Waals surface area contributed by atoms with Crippen molar-refractivity contribution in [3.8, 4) is 0 Å². The minimum atomic E-state index is -0.653. The lowest BCUT2D eigenvalue weighted by atomic mass is 10.1. The van der Waals surface area contributed by atoms with Crippen LogP contribution in [0.2, 0.25) is 0 Å². The van der Waals surface area contributed by atoms with Crippen molar-refractivity contribution >= 4 is 5.91 Å².